The molecule has 7 heteroatoms. The van der Waals surface area contributed by atoms with Crippen LogP contribution in [0.5, 0.6) is 0 Å². The van der Waals surface area contributed by atoms with Crippen LogP contribution in [-0.2, 0) is 26.7 Å². The number of nitrogens with zero attached hydrogens (tertiary/aromatic N) is 6. The standard InChI is InChI=1S/C10H14N6O/c1-3-16-8-5-15(17)4-7(8)12-10(16)9-11-6-14(2)13-9/h6,17H,3-5H2,1-2H3. The van der Waals surface area contributed by atoms with Gasteiger partial charge in [-0.1, -0.05) is 0 Å². The Balaban J connectivity index is 2.10. The Bertz CT molecular complexity index is 557. The third-order valence-corrected chi connectivity index (χ3v) is 2.94. The van der Waals surface area contributed by atoms with Crippen LogP contribution < -0.4 is 0 Å². The molecule has 0 atom stereocenters. The van der Waals surface area contributed by atoms with E-state index < -0.39 is 0 Å². The van der Waals surface area contributed by atoms with Crippen LogP contribution in [-0.4, -0.2) is 34.6 Å². The van der Waals surface area contributed by atoms with Gasteiger partial charge in [0.25, 0.3) is 0 Å². The summed E-state index contributed by atoms with van der Waals surface area (Å²) in [6, 6.07) is 0. The third kappa shape index (κ3) is 1.55. The third-order valence-electron chi connectivity index (χ3n) is 2.94. The van der Waals surface area contributed by atoms with Crippen molar-refractivity contribution in [1.82, 2.24) is 29.4 Å². The van der Waals surface area contributed by atoms with E-state index in [1.165, 1.54) is 5.06 Å². The van der Waals surface area contributed by atoms with Gasteiger partial charge in [0.15, 0.2) is 5.82 Å². The average molecular weight is 234 g/mol. The maximum absolute atomic E-state index is 9.47. The number of imidazole rings is 1. The van der Waals surface area contributed by atoms with Crippen molar-refractivity contribution < 1.29 is 5.21 Å². The summed E-state index contributed by atoms with van der Waals surface area (Å²) < 4.78 is 3.72. The highest BCUT2D eigenvalue weighted by atomic mass is 16.5. The first-order valence-electron chi connectivity index (χ1n) is 5.57. The van der Waals surface area contributed by atoms with Crippen LogP contribution in [0.4, 0.5) is 0 Å². The normalized spacial score (nSPS) is 15.5. The Kier molecular flexibility index (Phi) is 2.23. The van der Waals surface area contributed by atoms with E-state index in [2.05, 4.69) is 26.6 Å². The van der Waals surface area contributed by atoms with E-state index in [1.807, 2.05) is 7.05 Å². The Hall–Kier alpha value is -1.73. The fourth-order valence-electron chi connectivity index (χ4n) is 2.19. The molecular formula is C10H14N6O. The number of fused-ring (bicyclic) bond motifs is 1. The maximum Gasteiger partial charge on any atom is 0.217 e. The molecule has 7 nitrogen and oxygen atoms in total. The number of rotatable bonds is 2. The van der Waals surface area contributed by atoms with E-state index in [0.717, 1.165) is 23.8 Å². The lowest BCUT2D eigenvalue weighted by molar-refractivity contribution is -0.0985. The van der Waals surface area contributed by atoms with Gasteiger partial charge in [-0.3, -0.25) is 4.68 Å². The Labute approximate surface area is 98.3 Å². The highest BCUT2D eigenvalue weighted by Crippen LogP contribution is 2.26. The maximum atomic E-state index is 9.47. The highest BCUT2D eigenvalue weighted by Gasteiger charge is 2.26. The van der Waals surface area contributed by atoms with Crippen LogP contribution in [0.15, 0.2) is 6.33 Å². The molecule has 0 saturated carbocycles. The quantitative estimate of drug-likeness (QED) is 0.814. The zero-order chi connectivity index (χ0) is 12.0. The number of hydrogen-bond acceptors (Lipinski definition) is 5. The van der Waals surface area contributed by atoms with Crippen molar-refractivity contribution in [2.75, 3.05) is 0 Å². The van der Waals surface area contributed by atoms with Gasteiger partial charge >= 0.3 is 0 Å². The van der Waals surface area contributed by atoms with E-state index >= 15 is 0 Å². The Morgan fingerprint density at radius 3 is 2.88 bits per heavy atom. The second kappa shape index (κ2) is 3.64. The first kappa shape index (κ1) is 10.4. The molecule has 0 radical (unpaired) electrons. The lowest BCUT2D eigenvalue weighted by Crippen LogP contribution is -2.13. The van der Waals surface area contributed by atoms with Gasteiger partial charge in [-0.25, -0.2) is 9.97 Å². The lowest BCUT2D eigenvalue weighted by atomic mass is 10.4. The minimum Gasteiger partial charge on any atom is -0.324 e. The number of aryl methyl sites for hydroxylation is 1. The van der Waals surface area contributed by atoms with E-state index in [-0.39, 0.29) is 0 Å². The molecule has 0 bridgehead atoms. The van der Waals surface area contributed by atoms with E-state index in [0.29, 0.717) is 18.9 Å². The molecule has 0 aromatic carbocycles. The summed E-state index contributed by atoms with van der Waals surface area (Å²) in [5.41, 5.74) is 1.97. The molecule has 0 spiro atoms. The van der Waals surface area contributed by atoms with E-state index in [1.54, 1.807) is 11.0 Å². The lowest BCUT2D eigenvalue weighted by Gasteiger charge is -2.08. The summed E-state index contributed by atoms with van der Waals surface area (Å²) in [5, 5.41) is 15.0. The van der Waals surface area contributed by atoms with E-state index in [9.17, 15) is 5.21 Å². The second-order valence-electron chi connectivity index (χ2n) is 4.14. The summed E-state index contributed by atoms with van der Waals surface area (Å²) in [6.45, 7) is 3.84. The first-order valence-corrected chi connectivity index (χ1v) is 5.57. The van der Waals surface area contributed by atoms with Crippen LogP contribution in [0.2, 0.25) is 0 Å². The van der Waals surface area contributed by atoms with Crippen LogP contribution >= 0.6 is 0 Å². The largest absolute Gasteiger partial charge is 0.324 e. The molecule has 2 aromatic heterocycles. The van der Waals surface area contributed by atoms with Crippen molar-refractivity contribution in [2.24, 2.45) is 7.05 Å². The second-order valence-corrected chi connectivity index (χ2v) is 4.14. The Morgan fingerprint density at radius 1 is 1.41 bits per heavy atom. The van der Waals surface area contributed by atoms with Gasteiger partial charge < -0.3 is 9.77 Å². The summed E-state index contributed by atoms with van der Waals surface area (Å²) in [7, 11) is 1.83. The summed E-state index contributed by atoms with van der Waals surface area (Å²) >= 11 is 0. The van der Waals surface area contributed by atoms with Crippen molar-refractivity contribution in [3.63, 3.8) is 0 Å². The summed E-state index contributed by atoms with van der Waals surface area (Å²) in [4.78, 5) is 8.74. The van der Waals surface area contributed by atoms with Gasteiger partial charge in [-0.2, -0.15) is 5.06 Å². The minimum atomic E-state index is 0.474. The fraction of sp³-hybridized carbons (Fsp3) is 0.500. The molecule has 0 unspecified atom stereocenters. The molecule has 0 amide bonds. The summed E-state index contributed by atoms with van der Waals surface area (Å²) in [6.07, 6.45) is 1.66. The molecule has 1 aliphatic heterocycles. The molecule has 3 rings (SSSR count). The predicted molar refractivity (Wildman–Crippen MR) is 58.9 cm³/mol. The molecule has 0 saturated heterocycles. The van der Waals surface area contributed by atoms with E-state index in [4.69, 9.17) is 0 Å². The number of hydrogen-bond donors (Lipinski definition) is 1. The van der Waals surface area contributed by atoms with Crippen molar-refractivity contribution in [3.05, 3.63) is 17.7 Å². The minimum absolute atomic E-state index is 0.474. The van der Waals surface area contributed by atoms with Crippen molar-refractivity contribution in [3.8, 4) is 11.6 Å². The highest BCUT2D eigenvalue weighted by molar-refractivity contribution is 5.46. The molecule has 17 heavy (non-hydrogen) atoms. The first-order chi connectivity index (χ1) is 8.19. The van der Waals surface area contributed by atoms with Gasteiger partial charge in [0.1, 0.15) is 6.33 Å². The topological polar surface area (TPSA) is 72.0 Å². The van der Waals surface area contributed by atoms with Gasteiger partial charge in [0.05, 0.1) is 24.5 Å². The number of aromatic nitrogens is 5. The zero-order valence-corrected chi connectivity index (χ0v) is 9.83. The predicted octanol–water partition coefficient (Wildman–Crippen LogP) is 0.403. The molecule has 0 fully saturated rings. The van der Waals surface area contributed by atoms with Crippen molar-refractivity contribution >= 4 is 0 Å². The van der Waals surface area contributed by atoms with Gasteiger partial charge in [0.2, 0.25) is 5.82 Å². The molecule has 2 aromatic rings. The molecule has 90 valence electrons. The summed E-state index contributed by atoms with van der Waals surface area (Å²) in [5.74, 6) is 1.42. The van der Waals surface area contributed by atoms with Crippen molar-refractivity contribution in [1.29, 1.82) is 0 Å². The average Bonchev–Trinajstić information content (AvgIpc) is 2.91. The van der Waals surface area contributed by atoms with Gasteiger partial charge in [-0.05, 0) is 6.92 Å². The van der Waals surface area contributed by atoms with Crippen LogP contribution in [0.25, 0.3) is 11.6 Å². The Morgan fingerprint density at radius 2 is 2.24 bits per heavy atom. The monoisotopic (exact) mass is 234 g/mol. The van der Waals surface area contributed by atoms with Gasteiger partial charge in [-0.15, -0.1) is 5.10 Å². The molecule has 1 N–H and O–H groups in total. The molecule has 1 aliphatic rings. The molecule has 0 aliphatic carbocycles. The smallest absolute Gasteiger partial charge is 0.217 e. The zero-order valence-electron chi connectivity index (χ0n) is 9.83. The van der Waals surface area contributed by atoms with Crippen LogP contribution in [0, 0.1) is 0 Å². The van der Waals surface area contributed by atoms with Crippen molar-refractivity contribution in [2.45, 2.75) is 26.6 Å². The molecular weight excluding hydrogens is 220 g/mol. The van der Waals surface area contributed by atoms with Gasteiger partial charge in [0, 0.05) is 13.6 Å². The number of hydroxylamine groups is 2. The fourth-order valence-corrected chi connectivity index (χ4v) is 2.19. The molecule has 3 heterocycles. The SMILES string of the molecule is CCn1c(-c2ncn(C)n2)nc2c1CN(O)C2. The van der Waals surface area contributed by atoms with Crippen LogP contribution in [0.1, 0.15) is 18.3 Å². The van der Waals surface area contributed by atoms with Crippen LogP contribution in [0.3, 0.4) is 0 Å².